The maximum absolute atomic E-state index is 12.0. The molecule has 1 fully saturated rings. The van der Waals surface area contributed by atoms with Crippen LogP contribution in [0.1, 0.15) is 46.1 Å². The van der Waals surface area contributed by atoms with Crippen LogP contribution in [-0.4, -0.2) is 55.5 Å². The molecule has 3 N–H and O–H groups in total. The SMILES string of the molecule is CCNC(=NCC(C)(C)C(=O)NC)NC1CCN(Cc2ccccc2)C(C)C1. The van der Waals surface area contributed by atoms with Crippen molar-refractivity contribution in [3.05, 3.63) is 35.9 Å². The number of carbonyl (C=O) groups excluding carboxylic acids is 1. The predicted octanol–water partition coefficient (Wildman–Crippen LogP) is 2.37. The highest BCUT2D eigenvalue weighted by Gasteiger charge is 2.28. The molecule has 0 radical (unpaired) electrons. The molecule has 1 heterocycles. The van der Waals surface area contributed by atoms with Crippen molar-refractivity contribution in [1.29, 1.82) is 0 Å². The van der Waals surface area contributed by atoms with Crippen LogP contribution in [0, 0.1) is 5.41 Å². The second-order valence-electron chi connectivity index (χ2n) is 8.33. The number of nitrogens with zero attached hydrogens (tertiary/aromatic N) is 2. The Kier molecular flexibility index (Phi) is 8.30. The van der Waals surface area contributed by atoms with E-state index in [1.165, 1.54) is 5.56 Å². The number of piperidine rings is 1. The Morgan fingerprint density at radius 3 is 2.61 bits per heavy atom. The van der Waals surface area contributed by atoms with Gasteiger partial charge < -0.3 is 16.0 Å². The van der Waals surface area contributed by atoms with Gasteiger partial charge in [-0.1, -0.05) is 30.3 Å². The molecule has 1 aliphatic heterocycles. The summed E-state index contributed by atoms with van der Waals surface area (Å²) in [6, 6.07) is 11.6. The van der Waals surface area contributed by atoms with E-state index in [0.29, 0.717) is 18.6 Å². The van der Waals surface area contributed by atoms with E-state index in [1.54, 1.807) is 7.05 Å². The van der Waals surface area contributed by atoms with E-state index in [1.807, 2.05) is 13.8 Å². The average molecular weight is 388 g/mol. The third-order valence-electron chi connectivity index (χ3n) is 5.40. The number of nitrogens with one attached hydrogen (secondary N) is 3. The van der Waals surface area contributed by atoms with Gasteiger partial charge in [-0.25, -0.2) is 0 Å². The smallest absolute Gasteiger partial charge is 0.227 e. The molecule has 1 aromatic carbocycles. The fourth-order valence-corrected chi connectivity index (χ4v) is 3.60. The van der Waals surface area contributed by atoms with Gasteiger partial charge in [-0.2, -0.15) is 0 Å². The highest BCUT2D eigenvalue weighted by Crippen LogP contribution is 2.20. The molecule has 1 saturated heterocycles. The van der Waals surface area contributed by atoms with Gasteiger partial charge in [0, 0.05) is 38.8 Å². The van der Waals surface area contributed by atoms with E-state index in [9.17, 15) is 4.79 Å². The fraction of sp³-hybridized carbons (Fsp3) is 0.636. The third kappa shape index (κ3) is 6.51. The number of aliphatic imine (C=N–C) groups is 1. The number of hydrogen-bond donors (Lipinski definition) is 3. The van der Waals surface area contributed by atoms with Crippen LogP contribution in [0.3, 0.4) is 0 Å². The van der Waals surface area contributed by atoms with Gasteiger partial charge in [0.25, 0.3) is 0 Å². The minimum absolute atomic E-state index is 0.00920. The number of likely N-dealkylation sites (tertiary alicyclic amines) is 1. The normalized spacial score (nSPS) is 21.2. The fourth-order valence-electron chi connectivity index (χ4n) is 3.60. The molecule has 0 aliphatic carbocycles. The third-order valence-corrected chi connectivity index (χ3v) is 5.40. The van der Waals surface area contributed by atoms with E-state index in [4.69, 9.17) is 0 Å². The standard InChI is InChI=1S/C22H37N5O/c1-6-24-21(25-16-22(3,4)20(28)23-5)26-19-12-13-27(17(2)14-19)15-18-10-8-7-9-11-18/h7-11,17,19H,6,12-16H2,1-5H3,(H,23,28)(H2,24,25,26). The zero-order valence-electron chi connectivity index (χ0n) is 18.1. The van der Waals surface area contributed by atoms with Crippen molar-refractivity contribution in [3.8, 4) is 0 Å². The Bertz CT molecular complexity index is 644. The maximum atomic E-state index is 12.0. The second kappa shape index (κ2) is 10.5. The number of carbonyl (C=O) groups is 1. The molecule has 1 amide bonds. The summed E-state index contributed by atoms with van der Waals surface area (Å²) in [5.41, 5.74) is 0.843. The summed E-state index contributed by atoms with van der Waals surface area (Å²) in [6.07, 6.45) is 2.16. The van der Waals surface area contributed by atoms with Gasteiger partial charge in [-0.15, -0.1) is 0 Å². The van der Waals surface area contributed by atoms with Crippen LogP contribution >= 0.6 is 0 Å². The number of rotatable bonds is 7. The molecular formula is C22H37N5O. The van der Waals surface area contributed by atoms with E-state index in [2.05, 4.69) is 70.0 Å². The topological polar surface area (TPSA) is 68.8 Å². The molecule has 2 unspecified atom stereocenters. The Balaban J connectivity index is 1.92. The van der Waals surface area contributed by atoms with Crippen molar-refractivity contribution in [2.45, 2.75) is 59.2 Å². The van der Waals surface area contributed by atoms with Crippen LogP contribution < -0.4 is 16.0 Å². The molecule has 0 bridgehead atoms. The van der Waals surface area contributed by atoms with Crippen molar-refractivity contribution in [2.75, 3.05) is 26.7 Å². The van der Waals surface area contributed by atoms with E-state index in [0.717, 1.165) is 38.4 Å². The maximum Gasteiger partial charge on any atom is 0.227 e. The first kappa shape index (κ1) is 22.2. The lowest BCUT2D eigenvalue weighted by atomic mass is 9.93. The van der Waals surface area contributed by atoms with Gasteiger partial charge in [0.2, 0.25) is 5.91 Å². The molecule has 1 aliphatic rings. The van der Waals surface area contributed by atoms with E-state index >= 15 is 0 Å². The van der Waals surface area contributed by atoms with Gasteiger partial charge in [-0.05, 0) is 46.1 Å². The van der Waals surface area contributed by atoms with Crippen LogP contribution in [0.5, 0.6) is 0 Å². The number of amides is 1. The summed E-state index contributed by atoms with van der Waals surface area (Å²) >= 11 is 0. The predicted molar refractivity (Wildman–Crippen MR) is 116 cm³/mol. The van der Waals surface area contributed by atoms with Gasteiger partial charge in [0.05, 0.1) is 12.0 Å². The number of guanidine groups is 1. The molecule has 6 nitrogen and oxygen atoms in total. The first-order valence-electron chi connectivity index (χ1n) is 10.4. The highest BCUT2D eigenvalue weighted by molar-refractivity contribution is 5.83. The first-order chi connectivity index (χ1) is 13.4. The lowest BCUT2D eigenvalue weighted by Gasteiger charge is -2.38. The van der Waals surface area contributed by atoms with E-state index < -0.39 is 5.41 Å². The van der Waals surface area contributed by atoms with Crippen molar-refractivity contribution >= 4 is 11.9 Å². The van der Waals surface area contributed by atoms with E-state index in [-0.39, 0.29) is 5.91 Å². The molecule has 0 saturated carbocycles. The summed E-state index contributed by atoms with van der Waals surface area (Å²) in [7, 11) is 1.67. The van der Waals surface area contributed by atoms with Gasteiger partial charge >= 0.3 is 0 Å². The lowest BCUT2D eigenvalue weighted by molar-refractivity contribution is -0.128. The molecule has 2 atom stereocenters. The average Bonchev–Trinajstić information content (AvgIpc) is 2.68. The van der Waals surface area contributed by atoms with Crippen LogP contribution in [0.4, 0.5) is 0 Å². The largest absolute Gasteiger partial charge is 0.359 e. The van der Waals surface area contributed by atoms with Gasteiger partial charge in [-0.3, -0.25) is 14.7 Å². The van der Waals surface area contributed by atoms with Crippen LogP contribution in [0.2, 0.25) is 0 Å². The summed E-state index contributed by atoms with van der Waals surface area (Å²) in [5, 5.41) is 9.62. The zero-order chi connectivity index (χ0) is 20.6. The molecule has 28 heavy (non-hydrogen) atoms. The monoisotopic (exact) mass is 387 g/mol. The molecular weight excluding hydrogens is 350 g/mol. The van der Waals surface area contributed by atoms with Crippen molar-refractivity contribution in [1.82, 2.24) is 20.9 Å². The van der Waals surface area contributed by atoms with Gasteiger partial charge in [0.1, 0.15) is 0 Å². The summed E-state index contributed by atoms with van der Waals surface area (Å²) in [5.74, 6) is 0.808. The van der Waals surface area contributed by atoms with Crippen molar-refractivity contribution < 1.29 is 4.79 Å². The Hall–Kier alpha value is -2.08. The minimum atomic E-state index is -0.524. The Morgan fingerprint density at radius 2 is 2.00 bits per heavy atom. The molecule has 0 spiro atoms. The molecule has 0 aromatic heterocycles. The molecule has 6 heteroatoms. The van der Waals surface area contributed by atoms with Crippen molar-refractivity contribution in [3.63, 3.8) is 0 Å². The highest BCUT2D eigenvalue weighted by atomic mass is 16.2. The van der Waals surface area contributed by atoms with Crippen molar-refractivity contribution in [2.24, 2.45) is 10.4 Å². The Morgan fingerprint density at radius 1 is 1.29 bits per heavy atom. The molecule has 156 valence electrons. The summed E-state index contributed by atoms with van der Waals surface area (Å²) in [4.78, 5) is 19.2. The number of hydrogen-bond acceptors (Lipinski definition) is 3. The number of benzene rings is 1. The lowest BCUT2D eigenvalue weighted by Crippen LogP contribution is -2.51. The minimum Gasteiger partial charge on any atom is -0.359 e. The molecule has 1 aromatic rings. The quantitative estimate of drug-likeness (QED) is 0.496. The summed E-state index contributed by atoms with van der Waals surface area (Å²) in [6.45, 7) is 11.5. The molecule has 2 rings (SSSR count). The second-order valence-corrected chi connectivity index (χ2v) is 8.33. The van der Waals surface area contributed by atoms with Crippen LogP contribution in [0.15, 0.2) is 35.3 Å². The Labute approximate surface area is 170 Å². The van der Waals surface area contributed by atoms with Crippen LogP contribution in [-0.2, 0) is 11.3 Å². The van der Waals surface area contributed by atoms with Gasteiger partial charge in [0.15, 0.2) is 5.96 Å². The first-order valence-corrected chi connectivity index (χ1v) is 10.4. The zero-order valence-corrected chi connectivity index (χ0v) is 18.1. The summed E-state index contributed by atoms with van der Waals surface area (Å²) < 4.78 is 0. The van der Waals surface area contributed by atoms with Crippen LogP contribution in [0.25, 0.3) is 0 Å².